The molecule has 1 aliphatic rings. The molecule has 0 aliphatic heterocycles. The SMILES string of the molecule is CC(C)CC(O)CC1=CCCCC1. The zero-order chi connectivity index (χ0) is 9.68. The van der Waals surface area contributed by atoms with Crippen LogP contribution in [-0.2, 0) is 0 Å². The number of hydrogen-bond donors (Lipinski definition) is 1. The zero-order valence-corrected chi connectivity index (χ0v) is 8.92. The molecule has 1 atom stereocenters. The minimum absolute atomic E-state index is 0.107. The quantitative estimate of drug-likeness (QED) is 0.661. The number of aliphatic hydroxyl groups is 1. The third kappa shape index (κ3) is 4.47. The molecule has 1 rings (SSSR count). The predicted octanol–water partition coefficient (Wildman–Crippen LogP) is 3.28. The fourth-order valence-corrected chi connectivity index (χ4v) is 2.02. The number of rotatable bonds is 4. The van der Waals surface area contributed by atoms with Gasteiger partial charge in [-0.2, -0.15) is 0 Å². The molecule has 1 heteroatoms. The molecule has 1 N–H and O–H groups in total. The number of allylic oxidation sites excluding steroid dienone is 1. The van der Waals surface area contributed by atoms with Gasteiger partial charge in [-0.25, -0.2) is 0 Å². The lowest BCUT2D eigenvalue weighted by atomic mass is 9.92. The minimum atomic E-state index is -0.107. The van der Waals surface area contributed by atoms with Crippen molar-refractivity contribution in [1.29, 1.82) is 0 Å². The lowest BCUT2D eigenvalue weighted by Gasteiger charge is -2.17. The summed E-state index contributed by atoms with van der Waals surface area (Å²) >= 11 is 0. The maximum atomic E-state index is 9.73. The number of hydrogen-bond acceptors (Lipinski definition) is 1. The summed E-state index contributed by atoms with van der Waals surface area (Å²) in [5.41, 5.74) is 1.49. The van der Waals surface area contributed by atoms with Crippen LogP contribution in [0.25, 0.3) is 0 Å². The molecular formula is C12H22O. The summed E-state index contributed by atoms with van der Waals surface area (Å²) in [7, 11) is 0. The van der Waals surface area contributed by atoms with Crippen LogP contribution in [0.5, 0.6) is 0 Å². The van der Waals surface area contributed by atoms with E-state index in [-0.39, 0.29) is 6.10 Å². The molecule has 0 amide bonds. The Balaban J connectivity index is 2.26. The fraction of sp³-hybridized carbons (Fsp3) is 0.833. The van der Waals surface area contributed by atoms with Gasteiger partial charge in [-0.15, -0.1) is 0 Å². The van der Waals surface area contributed by atoms with E-state index in [9.17, 15) is 5.11 Å². The van der Waals surface area contributed by atoms with E-state index in [2.05, 4.69) is 19.9 Å². The molecule has 0 heterocycles. The monoisotopic (exact) mass is 182 g/mol. The van der Waals surface area contributed by atoms with E-state index in [0.717, 1.165) is 12.8 Å². The number of aliphatic hydroxyl groups excluding tert-OH is 1. The van der Waals surface area contributed by atoms with E-state index in [1.54, 1.807) is 0 Å². The Labute approximate surface area is 81.9 Å². The molecule has 0 aromatic carbocycles. The molecule has 1 nitrogen and oxygen atoms in total. The normalized spacial score (nSPS) is 20.2. The Morgan fingerprint density at radius 1 is 1.38 bits per heavy atom. The molecule has 0 aromatic rings. The molecular weight excluding hydrogens is 160 g/mol. The average Bonchev–Trinajstić information content (AvgIpc) is 2.04. The van der Waals surface area contributed by atoms with Crippen molar-refractivity contribution in [3.8, 4) is 0 Å². The van der Waals surface area contributed by atoms with Gasteiger partial charge in [0.1, 0.15) is 0 Å². The standard InChI is InChI=1S/C12H22O/c1-10(2)8-12(13)9-11-6-4-3-5-7-11/h6,10,12-13H,3-5,7-9H2,1-2H3. The summed E-state index contributed by atoms with van der Waals surface area (Å²) in [6.07, 6.45) is 9.18. The van der Waals surface area contributed by atoms with Crippen molar-refractivity contribution in [1.82, 2.24) is 0 Å². The van der Waals surface area contributed by atoms with Crippen molar-refractivity contribution in [2.24, 2.45) is 5.92 Å². The fourth-order valence-electron chi connectivity index (χ4n) is 2.02. The smallest absolute Gasteiger partial charge is 0.0579 e. The summed E-state index contributed by atoms with van der Waals surface area (Å²) in [5.74, 6) is 0.610. The first-order valence-corrected chi connectivity index (χ1v) is 5.54. The molecule has 13 heavy (non-hydrogen) atoms. The second-order valence-corrected chi connectivity index (χ2v) is 4.60. The van der Waals surface area contributed by atoms with Gasteiger partial charge in [0, 0.05) is 0 Å². The zero-order valence-electron chi connectivity index (χ0n) is 8.92. The van der Waals surface area contributed by atoms with Crippen LogP contribution in [0.3, 0.4) is 0 Å². The first kappa shape index (κ1) is 10.8. The maximum Gasteiger partial charge on any atom is 0.0579 e. The first-order valence-electron chi connectivity index (χ1n) is 5.54. The van der Waals surface area contributed by atoms with Gasteiger partial charge in [0.2, 0.25) is 0 Å². The van der Waals surface area contributed by atoms with Crippen LogP contribution in [0.4, 0.5) is 0 Å². The lowest BCUT2D eigenvalue weighted by molar-refractivity contribution is 0.147. The van der Waals surface area contributed by atoms with Crippen LogP contribution in [0.2, 0.25) is 0 Å². The summed E-state index contributed by atoms with van der Waals surface area (Å²) < 4.78 is 0. The van der Waals surface area contributed by atoms with E-state index in [1.807, 2.05) is 0 Å². The van der Waals surface area contributed by atoms with Crippen molar-refractivity contribution >= 4 is 0 Å². The van der Waals surface area contributed by atoms with Gasteiger partial charge in [0.25, 0.3) is 0 Å². The Bertz CT molecular complexity index is 170. The first-order chi connectivity index (χ1) is 6.18. The molecule has 1 aliphatic carbocycles. The van der Waals surface area contributed by atoms with Crippen LogP contribution in [-0.4, -0.2) is 11.2 Å². The topological polar surface area (TPSA) is 20.2 Å². The Morgan fingerprint density at radius 3 is 2.69 bits per heavy atom. The average molecular weight is 182 g/mol. The Kier molecular flexibility index (Phi) is 4.51. The van der Waals surface area contributed by atoms with Crippen LogP contribution in [0.15, 0.2) is 11.6 Å². The molecule has 0 radical (unpaired) electrons. The highest BCUT2D eigenvalue weighted by molar-refractivity contribution is 5.06. The highest BCUT2D eigenvalue weighted by Crippen LogP contribution is 2.23. The second-order valence-electron chi connectivity index (χ2n) is 4.60. The minimum Gasteiger partial charge on any atom is -0.393 e. The molecule has 0 spiro atoms. The van der Waals surface area contributed by atoms with Gasteiger partial charge in [0.05, 0.1) is 6.10 Å². The van der Waals surface area contributed by atoms with Crippen molar-refractivity contribution in [2.75, 3.05) is 0 Å². The van der Waals surface area contributed by atoms with Gasteiger partial charge < -0.3 is 5.11 Å². The maximum absolute atomic E-state index is 9.73. The van der Waals surface area contributed by atoms with E-state index in [1.165, 1.54) is 31.3 Å². The van der Waals surface area contributed by atoms with E-state index >= 15 is 0 Å². The Morgan fingerprint density at radius 2 is 2.15 bits per heavy atom. The second kappa shape index (κ2) is 5.43. The lowest BCUT2D eigenvalue weighted by Crippen LogP contribution is -2.11. The molecule has 0 bridgehead atoms. The highest BCUT2D eigenvalue weighted by atomic mass is 16.3. The molecule has 0 saturated carbocycles. The van der Waals surface area contributed by atoms with Crippen LogP contribution >= 0.6 is 0 Å². The van der Waals surface area contributed by atoms with E-state index in [0.29, 0.717) is 5.92 Å². The van der Waals surface area contributed by atoms with Crippen molar-refractivity contribution in [3.63, 3.8) is 0 Å². The third-order valence-corrected chi connectivity index (χ3v) is 2.63. The molecule has 0 saturated heterocycles. The molecule has 0 aromatic heterocycles. The highest BCUT2D eigenvalue weighted by Gasteiger charge is 2.11. The van der Waals surface area contributed by atoms with Gasteiger partial charge in [-0.1, -0.05) is 25.5 Å². The Hall–Kier alpha value is -0.300. The summed E-state index contributed by atoms with van der Waals surface area (Å²) in [5, 5.41) is 9.73. The van der Waals surface area contributed by atoms with E-state index in [4.69, 9.17) is 0 Å². The van der Waals surface area contributed by atoms with Crippen molar-refractivity contribution in [2.45, 2.75) is 58.5 Å². The summed E-state index contributed by atoms with van der Waals surface area (Å²) in [6.45, 7) is 4.33. The van der Waals surface area contributed by atoms with Gasteiger partial charge in [-0.3, -0.25) is 0 Å². The largest absolute Gasteiger partial charge is 0.393 e. The predicted molar refractivity (Wildman–Crippen MR) is 56.6 cm³/mol. The third-order valence-electron chi connectivity index (χ3n) is 2.63. The summed E-state index contributed by atoms with van der Waals surface area (Å²) in [6, 6.07) is 0. The summed E-state index contributed by atoms with van der Waals surface area (Å²) in [4.78, 5) is 0. The van der Waals surface area contributed by atoms with E-state index < -0.39 is 0 Å². The molecule has 0 fully saturated rings. The molecule has 76 valence electrons. The van der Waals surface area contributed by atoms with Crippen molar-refractivity contribution < 1.29 is 5.11 Å². The van der Waals surface area contributed by atoms with Gasteiger partial charge in [-0.05, 0) is 44.4 Å². The van der Waals surface area contributed by atoms with Crippen molar-refractivity contribution in [3.05, 3.63) is 11.6 Å². The van der Waals surface area contributed by atoms with Gasteiger partial charge >= 0.3 is 0 Å². The van der Waals surface area contributed by atoms with Crippen LogP contribution < -0.4 is 0 Å². The van der Waals surface area contributed by atoms with Gasteiger partial charge in [0.15, 0.2) is 0 Å². The molecule has 1 unspecified atom stereocenters. The van der Waals surface area contributed by atoms with Crippen LogP contribution in [0, 0.1) is 5.92 Å². The van der Waals surface area contributed by atoms with Crippen LogP contribution in [0.1, 0.15) is 52.4 Å².